The van der Waals surface area contributed by atoms with E-state index in [9.17, 15) is 0 Å². The molecule has 8 heteroatoms. The molecule has 7 nitrogen and oxygen atoms in total. The van der Waals surface area contributed by atoms with E-state index in [0.29, 0.717) is 29.1 Å². The Morgan fingerprint density at radius 2 is 1.90 bits per heavy atom. The van der Waals surface area contributed by atoms with Crippen LogP contribution in [0.3, 0.4) is 0 Å². The van der Waals surface area contributed by atoms with Crippen molar-refractivity contribution in [2.45, 2.75) is 25.1 Å². The van der Waals surface area contributed by atoms with Gasteiger partial charge in [0.2, 0.25) is 5.16 Å². The predicted molar refractivity (Wildman–Crippen MR) is 114 cm³/mol. The first-order valence-corrected chi connectivity index (χ1v) is 10.5. The van der Waals surface area contributed by atoms with Crippen LogP contribution in [-0.2, 0) is 6.61 Å². The average molecular weight is 413 g/mol. The molecule has 0 unspecified atom stereocenters. The second-order valence-corrected chi connectivity index (χ2v) is 6.76. The highest BCUT2D eigenvalue weighted by molar-refractivity contribution is 7.98. The number of hydrogen-bond donors (Lipinski definition) is 0. The molecule has 0 saturated heterocycles. The summed E-state index contributed by atoms with van der Waals surface area (Å²) in [5.41, 5.74) is 0.813. The summed E-state index contributed by atoms with van der Waals surface area (Å²) < 4.78 is 18.8. The lowest BCUT2D eigenvalue weighted by Crippen LogP contribution is -2.05. The number of aromatic nitrogens is 3. The van der Waals surface area contributed by atoms with E-state index in [1.165, 1.54) is 11.8 Å². The van der Waals surface area contributed by atoms with Gasteiger partial charge in [0.25, 0.3) is 0 Å². The van der Waals surface area contributed by atoms with Crippen molar-refractivity contribution in [1.29, 1.82) is 0 Å². The topological polar surface area (TPSA) is 70.8 Å². The summed E-state index contributed by atoms with van der Waals surface area (Å²) in [6.45, 7) is 2.91. The maximum absolute atomic E-state index is 5.88. The third-order valence-electron chi connectivity index (χ3n) is 3.96. The fourth-order valence-electron chi connectivity index (χ4n) is 2.57. The third-order valence-corrected chi connectivity index (χ3v) is 4.58. The standard InChI is InChI=1S/C21H24N4O3S/c1-4-13-27-20-16(9-8-12-18(20)26-2)14-22-25-19(23-24-21(25)29-3)15-28-17-10-6-5-7-11-17/h5-12,14H,4,13,15H2,1-3H3/b22-14-. The van der Waals surface area contributed by atoms with Crippen LogP contribution < -0.4 is 14.2 Å². The summed E-state index contributed by atoms with van der Waals surface area (Å²) in [7, 11) is 1.62. The van der Waals surface area contributed by atoms with Crippen molar-refractivity contribution in [2.75, 3.05) is 20.0 Å². The molecule has 3 aromatic rings. The lowest BCUT2D eigenvalue weighted by atomic mass is 10.2. The van der Waals surface area contributed by atoms with Crippen molar-refractivity contribution < 1.29 is 14.2 Å². The SMILES string of the molecule is CCCOc1c(/C=N\n2c(COc3ccccc3)nnc2SC)cccc1OC. The quantitative estimate of drug-likeness (QED) is 0.366. The van der Waals surface area contributed by atoms with E-state index in [1.54, 1.807) is 18.0 Å². The molecule has 0 fully saturated rings. The molecule has 0 saturated carbocycles. The zero-order valence-corrected chi connectivity index (χ0v) is 17.6. The van der Waals surface area contributed by atoms with Crippen molar-refractivity contribution in [1.82, 2.24) is 14.9 Å². The Labute approximate surface area is 174 Å². The second kappa shape index (κ2) is 10.5. The molecule has 0 aliphatic heterocycles. The van der Waals surface area contributed by atoms with Crippen LogP contribution in [0.2, 0.25) is 0 Å². The van der Waals surface area contributed by atoms with Crippen LogP contribution in [-0.4, -0.2) is 41.1 Å². The molecule has 1 heterocycles. The maximum atomic E-state index is 5.88. The van der Waals surface area contributed by atoms with Crippen LogP contribution in [0.4, 0.5) is 0 Å². The monoisotopic (exact) mass is 412 g/mol. The van der Waals surface area contributed by atoms with Crippen LogP contribution in [0.5, 0.6) is 17.2 Å². The average Bonchev–Trinajstić information content (AvgIpc) is 3.17. The number of ether oxygens (including phenoxy) is 3. The number of methoxy groups -OCH3 is 1. The Hall–Kier alpha value is -3.00. The van der Waals surface area contributed by atoms with Gasteiger partial charge in [0.05, 0.1) is 19.9 Å². The van der Waals surface area contributed by atoms with Crippen LogP contribution >= 0.6 is 11.8 Å². The first kappa shape index (κ1) is 20.7. The molecule has 0 N–H and O–H groups in total. The zero-order valence-electron chi connectivity index (χ0n) is 16.7. The van der Waals surface area contributed by atoms with E-state index in [4.69, 9.17) is 14.2 Å². The minimum absolute atomic E-state index is 0.256. The molecule has 0 atom stereocenters. The summed E-state index contributed by atoms with van der Waals surface area (Å²) in [6.07, 6.45) is 4.56. The van der Waals surface area contributed by atoms with Gasteiger partial charge in [-0.25, -0.2) is 0 Å². The van der Waals surface area contributed by atoms with E-state index < -0.39 is 0 Å². The summed E-state index contributed by atoms with van der Waals surface area (Å²) in [6, 6.07) is 15.3. The van der Waals surface area contributed by atoms with Gasteiger partial charge in [0.1, 0.15) is 12.4 Å². The fourth-order valence-corrected chi connectivity index (χ4v) is 3.02. The molecule has 0 aliphatic rings. The summed E-state index contributed by atoms with van der Waals surface area (Å²) in [5, 5.41) is 13.7. The first-order chi connectivity index (χ1) is 14.3. The minimum Gasteiger partial charge on any atom is -0.493 e. The van der Waals surface area contributed by atoms with E-state index >= 15 is 0 Å². The Balaban J connectivity index is 1.86. The van der Waals surface area contributed by atoms with Crippen LogP contribution in [0.1, 0.15) is 24.7 Å². The smallest absolute Gasteiger partial charge is 0.211 e. The van der Waals surface area contributed by atoms with Crippen molar-refractivity contribution in [3.8, 4) is 17.2 Å². The Kier molecular flexibility index (Phi) is 7.52. The molecule has 152 valence electrons. The molecular formula is C21H24N4O3S. The number of para-hydroxylation sites is 2. The van der Waals surface area contributed by atoms with Gasteiger partial charge >= 0.3 is 0 Å². The van der Waals surface area contributed by atoms with Crippen LogP contribution in [0, 0.1) is 0 Å². The van der Waals surface area contributed by atoms with Crippen molar-refractivity contribution in [3.63, 3.8) is 0 Å². The van der Waals surface area contributed by atoms with Crippen LogP contribution in [0.25, 0.3) is 0 Å². The molecule has 0 spiro atoms. The second-order valence-electron chi connectivity index (χ2n) is 5.99. The van der Waals surface area contributed by atoms with E-state index in [2.05, 4.69) is 22.2 Å². The largest absolute Gasteiger partial charge is 0.493 e. The normalized spacial score (nSPS) is 11.0. The summed E-state index contributed by atoms with van der Waals surface area (Å²) in [4.78, 5) is 0. The molecule has 2 aromatic carbocycles. The van der Waals surface area contributed by atoms with E-state index in [1.807, 2.05) is 54.8 Å². The van der Waals surface area contributed by atoms with Gasteiger partial charge < -0.3 is 14.2 Å². The van der Waals surface area contributed by atoms with E-state index in [-0.39, 0.29) is 6.61 Å². The van der Waals surface area contributed by atoms with Crippen molar-refractivity contribution in [3.05, 3.63) is 59.9 Å². The van der Waals surface area contributed by atoms with Gasteiger partial charge in [0.15, 0.2) is 17.3 Å². The van der Waals surface area contributed by atoms with Crippen LogP contribution in [0.15, 0.2) is 58.8 Å². The molecule has 1 aromatic heterocycles. The predicted octanol–water partition coefficient (Wildman–Crippen LogP) is 4.26. The molecule has 0 radical (unpaired) electrons. The Bertz CT molecular complexity index is 944. The number of hydrogen-bond acceptors (Lipinski definition) is 7. The Morgan fingerprint density at radius 3 is 2.62 bits per heavy atom. The first-order valence-electron chi connectivity index (χ1n) is 9.27. The highest BCUT2D eigenvalue weighted by Crippen LogP contribution is 2.30. The van der Waals surface area contributed by atoms with Gasteiger partial charge in [-0.1, -0.05) is 43.0 Å². The summed E-state index contributed by atoms with van der Waals surface area (Å²) in [5.74, 6) is 2.71. The van der Waals surface area contributed by atoms with Gasteiger partial charge in [-0.15, -0.1) is 10.2 Å². The van der Waals surface area contributed by atoms with Gasteiger partial charge in [-0.3, -0.25) is 0 Å². The minimum atomic E-state index is 0.256. The molecule has 0 amide bonds. The number of rotatable bonds is 10. The van der Waals surface area contributed by atoms with E-state index in [0.717, 1.165) is 17.7 Å². The van der Waals surface area contributed by atoms with Gasteiger partial charge in [-0.05, 0) is 36.9 Å². The lowest BCUT2D eigenvalue weighted by molar-refractivity contribution is 0.290. The van der Waals surface area contributed by atoms with Gasteiger partial charge in [-0.2, -0.15) is 9.78 Å². The zero-order chi connectivity index (χ0) is 20.5. The fraction of sp³-hybridized carbons (Fsp3) is 0.286. The van der Waals surface area contributed by atoms with Crippen molar-refractivity contribution in [2.24, 2.45) is 5.10 Å². The molecule has 0 bridgehead atoms. The Morgan fingerprint density at radius 1 is 1.07 bits per heavy atom. The molecule has 3 rings (SSSR count). The lowest BCUT2D eigenvalue weighted by Gasteiger charge is -2.12. The number of nitrogens with zero attached hydrogens (tertiary/aromatic N) is 4. The third kappa shape index (κ3) is 5.29. The maximum Gasteiger partial charge on any atom is 0.211 e. The number of benzene rings is 2. The highest BCUT2D eigenvalue weighted by Gasteiger charge is 2.13. The summed E-state index contributed by atoms with van der Waals surface area (Å²) >= 11 is 1.46. The van der Waals surface area contributed by atoms with Gasteiger partial charge in [0, 0.05) is 5.56 Å². The van der Waals surface area contributed by atoms with Crippen molar-refractivity contribution >= 4 is 18.0 Å². The molecule has 0 aliphatic carbocycles. The molecule has 29 heavy (non-hydrogen) atoms. The molecular weight excluding hydrogens is 388 g/mol. The number of thioether (sulfide) groups is 1. The highest BCUT2D eigenvalue weighted by atomic mass is 32.2.